The van der Waals surface area contributed by atoms with Crippen LogP contribution >= 0.6 is 0 Å². The number of benzene rings is 1. The molecule has 1 aliphatic rings. The van der Waals surface area contributed by atoms with Gasteiger partial charge in [0, 0.05) is 18.6 Å². The predicted molar refractivity (Wildman–Crippen MR) is 57.1 cm³/mol. The van der Waals surface area contributed by atoms with Crippen LogP contribution in [0.5, 0.6) is 0 Å². The van der Waals surface area contributed by atoms with E-state index >= 15 is 0 Å². The highest BCUT2D eigenvalue weighted by molar-refractivity contribution is 5.19. The second-order valence-electron chi connectivity index (χ2n) is 3.95. The average Bonchev–Trinajstić information content (AvgIpc) is 2.18. The Balaban J connectivity index is 2.05. The van der Waals surface area contributed by atoms with E-state index in [0.29, 0.717) is 12.1 Å². The van der Waals surface area contributed by atoms with Crippen LogP contribution in [0.1, 0.15) is 24.9 Å². The summed E-state index contributed by atoms with van der Waals surface area (Å²) in [5.41, 5.74) is 1.34. The first kappa shape index (κ1) is 9.69. The monoisotopic (exact) mass is 191 g/mol. The van der Waals surface area contributed by atoms with Crippen LogP contribution in [0.3, 0.4) is 0 Å². The fourth-order valence-corrected chi connectivity index (χ4v) is 2.09. The number of aliphatic hydroxyl groups excluding tert-OH is 1. The smallest absolute Gasteiger partial charge is 0.0587 e. The van der Waals surface area contributed by atoms with Gasteiger partial charge in [-0.2, -0.15) is 0 Å². The van der Waals surface area contributed by atoms with Crippen LogP contribution < -0.4 is 0 Å². The molecule has 2 rings (SSSR count). The Kier molecular flexibility index (Phi) is 2.85. The maximum Gasteiger partial charge on any atom is 0.0587 e. The molecule has 76 valence electrons. The van der Waals surface area contributed by atoms with Crippen molar-refractivity contribution >= 4 is 0 Å². The first-order chi connectivity index (χ1) is 6.83. The molecule has 1 aliphatic heterocycles. The van der Waals surface area contributed by atoms with Gasteiger partial charge in [-0.05, 0) is 18.9 Å². The van der Waals surface area contributed by atoms with Crippen LogP contribution in [0.25, 0.3) is 0 Å². The Morgan fingerprint density at radius 2 is 2.14 bits per heavy atom. The van der Waals surface area contributed by atoms with Crippen molar-refractivity contribution in [2.75, 3.05) is 13.2 Å². The first-order valence-corrected chi connectivity index (χ1v) is 5.24. The fraction of sp³-hybridized carbons (Fsp3) is 0.500. The van der Waals surface area contributed by atoms with E-state index in [1.165, 1.54) is 5.56 Å². The number of rotatable bonds is 3. The van der Waals surface area contributed by atoms with Gasteiger partial charge in [-0.1, -0.05) is 30.3 Å². The Morgan fingerprint density at radius 3 is 2.64 bits per heavy atom. The molecule has 0 aliphatic carbocycles. The maximum atomic E-state index is 9.11. The van der Waals surface area contributed by atoms with Gasteiger partial charge in [0.1, 0.15) is 0 Å². The van der Waals surface area contributed by atoms with Crippen molar-refractivity contribution < 1.29 is 5.11 Å². The van der Waals surface area contributed by atoms with Gasteiger partial charge in [-0.15, -0.1) is 0 Å². The summed E-state index contributed by atoms with van der Waals surface area (Å²) in [4.78, 5) is 2.36. The molecule has 2 atom stereocenters. The zero-order valence-corrected chi connectivity index (χ0v) is 8.56. The maximum absolute atomic E-state index is 9.11. The summed E-state index contributed by atoms with van der Waals surface area (Å²) < 4.78 is 0. The van der Waals surface area contributed by atoms with Gasteiger partial charge in [-0.25, -0.2) is 0 Å². The highest BCUT2D eigenvalue weighted by Gasteiger charge is 2.31. The van der Waals surface area contributed by atoms with Gasteiger partial charge in [0.2, 0.25) is 0 Å². The third kappa shape index (κ3) is 1.68. The molecule has 0 saturated carbocycles. The van der Waals surface area contributed by atoms with E-state index in [4.69, 9.17) is 5.11 Å². The summed E-state index contributed by atoms with van der Waals surface area (Å²) in [6.07, 6.45) is 1.13. The lowest BCUT2D eigenvalue weighted by molar-refractivity contribution is 0.0104. The molecule has 0 spiro atoms. The molecule has 0 amide bonds. The second-order valence-corrected chi connectivity index (χ2v) is 3.95. The van der Waals surface area contributed by atoms with Crippen LogP contribution in [-0.4, -0.2) is 29.2 Å². The molecule has 0 aromatic heterocycles. The molecular formula is C12H17NO. The van der Waals surface area contributed by atoms with Gasteiger partial charge in [0.15, 0.2) is 0 Å². The highest BCUT2D eigenvalue weighted by Crippen LogP contribution is 2.29. The number of hydrogen-bond acceptors (Lipinski definition) is 2. The number of hydrogen-bond donors (Lipinski definition) is 1. The fourth-order valence-electron chi connectivity index (χ4n) is 2.09. The first-order valence-electron chi connectivity index (χ1n) is 5.24. The van der Waals surface area contributed by atoms with Gasteiger partial charge >= 0.3 is 0 Å². The van der Waals surface area contributed by atoms with E-state index in [2.05, 4.69) is 36.1 Å². The molecular weight excluding hydrogens is 174 g/mol. The van der Waals surface area contributed by atoms with E-state index in [1.54, 1.807) is 0 Å². The van der Waals surface area contributed by atoms with Crippen molar-refractivity contribution in [3.05, 3.63) is 35.9 Å². The van der Waals surface area contributed by atoms with Crippen molar-refractivity contribution in [3.63, 3.8) is 0 Å². The van der Waals surface area contributed by atoms with Crippen LogP contribution in [0, 0.1) is 0 Å². The molecule has 1 heterocycles. The minimum absolute atomic E-state index is 0.289. The molecule has 14 heavy (non-hydrogen) atoms. The molecule has 1 aromatic carbocycles. The molecule has 1 saturated heterocycles. The average molecular weight is 191 g/mol. The minimum Gasteiger partial charge on any atom is -0.395 e. The summed E-state index contributed by atoms with van der Waals surface area (Å²) >= 11 is 0. The SMILES string of the molecule is C[C@@H](c1ccccc1)N1CC[C@@H]1CO. The van der Waals surface area contributed by atoms with E-state index in [1.807, 2.05) is 6.07 Å². The lowest BCUT2D eigenvalue weighted by atomic mass is 9.97. The van der Waals surface area contributed by atoms with Gasteiger partial charge in [-0.3, -0.25) is 4.90 Å². The zero-order valence-electron chi connectivity index (χ0n) is 8.56. The number of likely N-dealkylation sites (tertiary alicyclic amines) is 1. The van der Waals surface area contributed by atoms with Crippen LogP contribution in [0.2, 0.25) is 0 Å². The Labute approximate surface area is 85.2 Å². The molecule has 0 bridgehead atoms. The quantitative estimate of drug-likeness (QED) is 0.787. The Morgan fingerprint density at radius 1 is 1.43 bits per heavy atom. The van der Waals surface area contributed by atoms with Crippen molar-refractivity contribution in [2.24, 2.45) is 0 Å². The van der Waals surface area contributed by atoms with Crippen LogP contribution in [0.15, 0.2) is 30.3 Å². The molecule has 1 aromatic rings. The molecule has 1 fully saturated rings. The summed E-state index contributed by atoms with van der Waals surface area (Å²) in [5, 5.41) is 9.11. The largest absolute Gasteiger partial charge is 0.395 e. The molecule has 1 N–H and O–H groups in total. The van der Waals surface area contributed by atoms with Crippen LogP contribution in [-0.2, 0) is 0 Å². The van der Waals surface area contributed by atoms with Crippen molar-refractivity contribution in [2.45, 2.75) is 25.4 Å². The molecule has 2 nitrogen and oxygen atoms in total. The molecule has 0 unspecified atom stereocenters. The molecule has 0 radical (unpaired) electrons. The van der Waals surface area contributed by atoms with Crippen LogP contribution in [0.4, 0.5) is 0 Å². The Bertz CT molecular complexity index is 284. The third-order valence-electron chi connectivity index (χ3n) is 3.18. The van der Waals surface area contributed by atoms with Gasteiger partial charge < -0.3 is 5.11 Å². The number of aliphatic hydroxyl groups is 1. The normalized spacial score (nSPS) is 24.3. The van der Waals surface area contributed by atoms with Crippen molar-refractivity contribution in [1.29, 1.82) is 0 Å². The standard InChI is InChI=1S/C12H17NO/c1-10(11-5-3-2-4-6-11)13-8-7-12(13)9-14/h2-6,10,12,14H,7-9H2,1H3/t10-,12+/m0/s1. The van der Waals surface area contributed by atoms with Gasteiger partial charge in [0.05, 0.1) is 6.61 Å². The summed E-state index contributed by atoms with van der Waals surface area (Å²) in [6.45, 7) is 3.61. The summed E-state index contributed by atoms with van der Waals surface area (Å²) in [7, 11) is 0. The lowest BCUT2D eigenvalue weighted by Gasteiger charge is -2.44. The van der Waals surface area contributed by atoms with Crippen molar-refractivity contribution in [3.8, 4) is 0 Å². The number of nitrogens with zero attached hydrogens (tertiary/aromatic N) is 1. The van der Waals surface area contributed by atoms with E-state index in [-0.39, 0.29) is 6.61 Å². The Hall–Kier alpha value is -0.860. The van der Waals surface area contributed by atoms with Gasteiger partial charge in [0.25, 0.3) is 0 Å². The summed E-state index contributed by atoms with van der Waals surface area (Å²) in [6, 6.07) is 11.3. The minimum atomic E-state index is 0.289. The van der Waals surface area contributed by atoms with Crippen molar-refractivity contribution in [1.82, 2.24) is 4.90 Å². The zero-order chi connectivity index (χ0) is 9.97. The molecule has 2 heteroatoms. The van der Waals surface area contributed by atoms with E-state index < -0.39 is 0 Å². The lowest BCUT2D eigenvalue weighted by Crippen LogP contribution is -2.50. The highest BCUT2D eigenvalue weighted by atomic mass is 16.3. The third-order valence-corrected chi connectivity index (χ3v) is 3.18. The van der Waals surface area contributed by atoms with E-state index in [0.717, 1.165) is 13.0 Å². The second kappa shape index (κ2) is 4.11. The predicted octanol–water partition coefficient (Wildman–Crippen LogP) is 1.81. The van der Waals surface area contributed by atoms with E-state index in [9.17, 15) is 0 Å². The summed E-state index contributed by atoms with van der Waals surface area (Å²) in [5.74, 6) is 0. The topological polar surface area (TPSA) is 23.5 Å².